The fraction of sp³-hybridized carbons (Fsp3) is 0.538. The van der Waals surface area contributed by atoms with E-state index in [1.54, 1.807) is 0 Å². The van der Waals surface area contributed by atoms with Gasteiger partial charge in [0.1, 0.15) is 11.5 Å². The first-order valence-corrected chi connectivity index (χ1v) is 14.9. The van der Waals surface area contributed by atoms with Crippen molar-refractivity contribution < 1.29 is 9.16 Å². The summed E-state index contributed by atoms with van der Waals surface area (Å²) in [6.07, 6.45) is 3.30. The van der Waals surface area contributed by atoms with Crippen molar-refractivity contribution in [3.05, 3.63) is 52.6 Å². The Morgan fingerprint density at radius 2 is 1.63 bits per heavy atom. The number of hydrogen-bond donors (Lipinski definition) is 0. The van der Waals surface area contributed by atoms with Crippen LogP contribution in [-0.2, 0) is 4.93 Å². The minimum absolute atomic E-state index is 0.164. The SMILES string of the molecule is CCCCC1(c2ccccc2)Oc2c(C)c(C)c(O[Si](C)(C)C(C)(C)C)c(C)c2S1. The van der Waals surface area contributed by atoms with E-state index >= 15 is 0 Å². The molecule has 2 aromatic rings. The number of unbranched alkanes of at least 4 members (excludes halogenated alkanes) is 1. The lowest BCUT2D eigenvalue weighted by atomic mass is 10.0. The number of fused-ring (bicyclic) bond motifs is 1. The van der Waals surface area contributed by atoms with E-state index in [0.717, 1.165) is 30.8 Å². The third kappa shape index (κ3) is 4.05. The molecule has 0 spiro atoms. The maximum atomic E-state index is 6.86. The Morgan fingerprint density at radius 1 is 1.00 bits per heavy atom. The Balaban J connectivity index is 2.10. The fourth-order valence-electron chi connectivity index (χ4n) is 3.69. The molecule has 0 amide bonds. The highest BCUT2D eigenvalue weighted by Crippen LogP contribution is 2.59. The predicted molar refractivity (Wildman–Crippen MR) is 133 cm³/mol. The molecular weight excluding hydrogens is 404 g/mol. The zero-order valence-electron chi connectivity index (χ0n) is 20.2. The van der Waals surface area contributed by atoms with Gasteiger partial charge in [0.15, 0.2) is 4.93 Å². The van der Waals surface area contributed by atoms with Crippen molar-refractivity contribution in [3.8, 4) is 11.5 Å². The lowest BCUT2D eigenvalue weighted by Crippen LogP contribution is -2.44. The van der Waals surface area contributed by atoms with E-state index in [1.807, 2.05) is 11.8 Å². The number of rotatable bonds is 6. The van der Waals surface area contributed by atoms with E-state index in [-0.39, 0.29) is 9.97 Å². The molecule has 0 bridgehead atoms. The van der Waals surface area contributed by atoms with Crippen LogP contribution in [0, 0.1) is 20.8 Å². The number of thioether (sulfide) groups is 1. The lowest BCUT2D eigenvalue weighted by molar-refractivity contribution is 0.159. The van der Waals surface area contributed by atoms with E-state index in [2.05, 4.69) is 91.9 Å². The zero-order valence-corrected chi connectivity index (χ0v) is 22.0. The molecule has 0 N–H and O–H groups in total. The molecule has 0 saturated heterocycles. The van der Waals surface area contributed by atoms with Gasteiger partial charge in [0.2, 0.25) is 0 Å². The van der Waals surface area contributed by atoms with Gasteiger partial charge in [-0.25, -0.2) is 0 Å². The molecule has 0 fully saturated rings. The van der Waals surface area contributed by atoms with E-state index < -0.39 is 8.32 Å². The highest BCUT2D eigenvalue weighted by Gasteiger charge is 2.45. The molecule has 0 aromatic heterocycles. The smallest absolute Gasteiger partial charge is 0.250 e. The predicted octanol–water partition coefficient (Wildman–Crippen LogP) is 8.52. The number of benzene rings is 2. The van der Waals surface area contributed by atoms with Gasteiger partial charge in [-0.05, 0) is 56.5 Å². The Morgan fingerprint density at radius 3 is 2.20 bits per heavy atom. The maximum Gasteiger partial charge on any atom is 0.250 e. The number of ether oxygens (including phenoxy) is 1. The van der Waals surface area contributed by atoms with Crippen LogP contribution in [0.3, 0.4) is 0 Å². The average molecular weight is 443 g/mol. The summed E-state index contributed by atoms with van der Waals surface area (Å²) in [6, 6.07) is 10.7. The molecular formula is C26H38O2SSi. The average Bonchev–Trinajstić information content (AvgIpc) is 3.09. The van der Waals surface area contributed by atoms with Crippen molar-refractivity contribution in [1.29, 1.82) is 0 Å². The van der Waals surface area contributed by atoms with E-state index in [4.69, 9.17) is 9.16 Å². The monoisotopic (exact) mass is 442 g/mol. The molecule has 0 aliphatic carbocycles. The summed E-state index contributed by atoms with van der Waals surface area (Å²) in [5.41, 5.74) is 4.92. The first-order valence-electron chi connectivity index (χ1n) is 11.2. The van der Waals surface area contributed by atoms with Gasteiger partial charge in [-0.2, -0.15) is 0 Å². The van der Waals surface area contributed by atoms with Crippen LogP contribution in [0.25, 0.3) is 0 Å². The second-order valence-corrected chi connectivity index (χ2v) is 16.1. The molecule has 0 radical (unpaired) electrons. The maximum absolute atomic E-state index is 6.86. The standard InChI is InChI=1S/C26H38O2SSi/c1-10-11-17-26(21-15-13-12-14-16-21)27-23-19(3)18(2)22(20(4)24(23)29-26)28-30(8,9)25(5,6)7/h12-16H,10-11,17H2,1-9H3. The second-order valence-electron chi connectivity index (χ2n) is 10.2. The van der Waals surface area contributed by atoms with Crippen LogP contribution >= 0.6 is 11.8 Å². The highest BCUT2D eigenvalue weighted by atomic mass is 32.2. The van der Waals surface area contributed by atoms with Gasteiger partial charge in [0.05, 0.1) is 4.90 Å². The largest absolute Gasteiger partial charge is 0.543 e. The topological polar surface area (TPSA) is 18.5 Å². The molecule has 1 heterocycles. The zero-order chi connectivity index (χ0) is 22.3. The van der Waals surface area contributed by atoms with Crippen molar-refractivity contribution >= 4 is 20.1 Å². The van der Waals surface area contributed by atoms with E-state index in [0.29, 0.717) is 0 Å². The summed E-state index contributed by atoms with van der Waals surface area (Å²) in [4.78, 5) is 0.906. The molecule has 0 saturated carbocycles. The summed E-state index contributed by atoms with van der Waals surface area (Å²) in [5, 5.41) is 0.164. The van der Waals surface area contributed by atoms with Crippen molar-refractivity contribution in [1.82, 2.24) is 0 Å². The van der Waals surface area contributed by atoms with Gasteiger partial charge >= 0.3 is 0 Å². The molecule has 3 rings (SSSR count). The van der Waals surface area contributed by atoms with Crippen molar-refractivity contribution in [2.24, 2.45) is 0 Å². The molecule has 1 aliphatic rings. The van der Waals surface area contributed by atoms with Crippen LogP contribution in [-0.4, -0.2) is 8.32 Å². The van der Waals surface area contributed by atoms with Crippen LogP contribution in [0.2, 0.25) is 18.1 Å². The summed E-state index contributed by atoms with van der Waals surface area (Å²) in [7, 11) is -1.93. The van der Waals surface area contributed by atoms with Crippen molar-refractivity contribution in [3.63, 3.8) is 0 Å². The van der Waals surface area contributed by atoms with Gasteiger partial charge in [-0.15, -0.1) is 0 Å². The van der Waals surface area contributed by atoms with E-state index in [9.17, 15) is 0 Å². The van der Waals surface area contributed by atoms with E-state index in [1.165, 1.54) is 27.1 Å². The first kappa shape index (κ1) is 23.3. The van der Waals surface area contributed by atoms with Crippen LogP contribution in [0.5, 0.6) is 11.5 Å². The summed E-state index contributed by atoms with van der Waals surface area (Å²) in [5.74, 6) is 2.13. The van der Waals surface area contributed by atoms with Crippen LogP contribution in [0.15, 0.2) is 35.2 Å². The first-order chi connectivity index (χ1) is 13.9. The Bertz CT molecular complexity index is 915. The number of hydrogen-bond acceptors (Lipinski definition) is 3. The van der Waals surface area contributed by atoms with Gasteiger partial charge in [0.25, 0.3) is 8.32 Å². The molecule has 1 unspecified atom stereocenters. The minimum atomic E-state index is -1.93. The van der Waals surface area contributed by atoms with Crippen LogP contribution < -0.4 is 9.16 Å². The summed E-state index contributed by atoms with van der Waals surface area (Å²) in [6.45, 7) is 20.4. The normalized spacial score (nSPS) is 18.8. The quantitative estimate of drug-likeness (QED) is 0.418. The van der Waals surface area contributed by atoms with Crippen molar-refractivity contribution in [2.45, 2.75) is 95.7 Å². The van der Waals surface area contributed by atoms with Gasteiger partial charge in [0, 0.05) is 17.5 Å². The Kier molecular flexibility index (Phi) is 6.42. The molecule has 4 heteroatoms. The third-order valence-electron chi connectivity index (χ3n) is 6.90. The van der Waals surface area contributed by atoms with Crippen LogP contribution in [0.4, 0.5) is 0 Å². The Labute approximate surface area is 188 Å². The highest BCUT2D eigenvalue weighted by molar-refractivity contribution is 8.00. The summed E-state index contributed by atoms with van der Waals surface area (Å²) < 4.78 is 13.7. The molecule has 30 heavy (non-hydrogen) atoms. The lowest BCUT2D eigenvalue weighted by Gasteiger charge is -2.37. The van der Waals surface area contributed by atoms with Crippen molar-refractivity contribution in [2.75, 3.05) is 0 Å². The van der Waals surface area contributed by atoms with Gasteiger partial charge < -0.3 is 9.16 Å². The minimum Gasteiger partial charge on any atom is -0.543 e. The molecule has 2 aromatic carbocycles. The summed E-state index contributed by atoms with van der Waals surface area (Å²) >= 11 is 1.89. The third-order valence-corrected chi connectivity index (χ3v) is 12.8. The Hall–Kier alpha value is -1.39. The molecule has 2 nitrogen and oxygen atoms in total. The van der Waals surface area contributed by atoms with Gasteiger partial charge in [-0.1, -0.05) is 76.2 Å². The second kappa shape index (κ2) is 8.27. The van der Waals surface area contributed by atoms with Gasteiger partial charge in [-0.3, -0.25) is 0 Å². The molecule has 1 atom stereocenters. The molecule has 164 valence electrons. The van der Waals surface area contributed by atoms with Crippen LogP contribution in [0.1, 0.15) is 69.2 Å². The molecule has 1 aliphatic heterocycles. The fourth-order valence-corrected chi connectivity index (χ4v) is 6.30.